The van der Waals surface area contributed by atoms with Crippen molar-refractivity contribution in [2.75, 3.05) is 0 Å². The van der Waals surface area contributed by atoms with Gasteiger partial charge in [-0.05, 0) is 25.7 Å². The molecule has 0 saturated carbocycles. The number of unbranched alkanes of at least 4 members (excludes halogenated alkanes) is 1. The van der Waals surface area contributed by atoms with Gasteiger partial charge in [-0.2, -0.15) is 0 Å². The molecular formula is C13H22N2O3. The first-order chi connectivity index (χ1) is 8.61. The Bertz CT molecular complexity index is 332. The number of amides is 1. The van der Waals surface area contributed by atoms with Crippen LogP contribution in [0.1, 0.15) is 45.4 Å². The van der Waals surface area contributed by atoms with Crippen LogP contribution in [0, 0.1) is 5.92 Å². The molecule has 102 valence electrons. The fraction of sp³-hybridized carbons (Fsp3) is 0.846. The van der Waals surface area contributed by atoms with Crippen molar-refractivity contribution in [1.29, 1.82) is 0 Å². The van der Waals surface area contributed by atoms with Gasteiger partial charge in [0.2, 0.25) is 5.91 Å². The van der Waals surface area contributed by atoms with Crippen molar-refractivity contribution in [3.05, 3.63) is 0 Å². The average Bonchev–Trinajstić information content (AvgIpc) is 2.95. The summed E-state index contributed by atoms with van der Waals surface area (Å²) in [6.07, 6.45) is 5.33. The van der Waals surface area contributed by atoms with Gasteiger partial charge >= 0.3 is 5.97 Å². The highest BCUT2D eigenvalue weighted by Gasteiger charge is 2.43. The lowest BCUT2D eigenvalue weighted by Gasteiger charge is -2.22. The molecule has 2 fully saturated rings. The lowest BCUT2D eigenvalue weighted by Crippen LogP contribution is -2.46. The molecule has 0 aromatic heterocycles. The van der Waals surface area contributed by atoms with Crippen molar-refractivity contribution in [2.45, 2.75) is 63.6 Å². The van der Waals surface area contributed by atoms with E-state index in [2.05, 4.69) is 10.6 Å². The van der Waals surface area contributed by atoms with E-state index in [1.54, 1.807) is 0 Å². The molecule has 2 heterocycles. The molecule has 4 unspecified atom stereocenters. The Labute approximate surface area is 107 Å². The maximum absolute atomic E-state index is 12.1. The molecule has 3 N–H and O–H groups in total. The number of carboxylic acids is 1. The average molecular weight is 254 g/mol. The molecule has 0 spiro atoms. The third-order valence-corrected chi connectivity index (χ3v) is 4.10. The van der Waals surface area contributed by atoms with Crippen LogP contribution in [-0.2, 0) is 9.59 Å². The van der Waals surface area contributed by atoms with Crippen LogP contribution in [-0.4, -0.2) is 35.1 Å². The highest BCUT2D eigenvalue weighted by molar-refractivity contribution is 5.85. The van der Waals surface area contributed by atoms with Crippen LogP contribution in [0.15, 0.2) is 0 Å². The van der Waals surface area contributed by atoms with E-state index in [0.29, 0.717) is 12.5 Å². The molecular weight excluding hydrogens is 232 g/mol. The first-order valence-electron chi connectivity index (χ1n) is 6.91. The van der Waals surface area contributed by atoms with Gasteiger partial charge in [-0.25, -0.2) is 4.79 Å². The van der Waals surface area contributed by atoms with Crippen LogP contribution in [0.5, 0.6) is 0 Å². The number of hydrogen-bond donors (Lipinski definition) is 3. The maximum atomic E-state index is 12.1. The first-order valence-corrected chi connectivity index (χ1v) is 6.91. The van der Waals surface area contributed by atoms with Crippen LogP contribution in [0.4, 0.5) is 0 Å². The highest BCUT2D eigenvalue weighted by atomic mass is 16.4. The second-order valence-electron chi connectivity index (χ2n) is 5.43. The number of aliphatic carboxylic acids is 1. The zero-order valence-corrected chi connectivity index (χ0v) is 10.8. The second kappa shape index (κ2) is 5.69. The molecule has 5 heteroatoms. The van der Waals surface area contributed by atoms with Gasteiger partial charge in [0.1, 0.15) is 6.04 Å². The SMILES string of the molecule is CCCCC(NC(=O)C1CC2CCC1N2)C(=O)O. The Morgan fingerprint density at radius 2 is 2.22 bits per heavy atom. The van der Waals surface area contributed by atoms with Crippen LogP contribution >= 0.6 is 0 Å². The van der Waals surface area contributed by atoms with E-state index in [-0.39, 0.29) is 17.9 Å². The second-order valence-corrected chi connectivity index (χ2v) is 5.43. The van der Waals surface area contributed by atoms with E-state index >= 15 is 0 Å². The fourth-order valence-corrected chi connectivity index (χ4v) is 3.06. The third-order valence-electron chi connectivity index (χ3n) is 4.10. The summed E-state index contributed by atoms with van der Waals surface area (Å²) in [5, 5.41) is 15.2. The number of carboxylic acid groups (broad SMARTS) is 1. The van der Waals surface area contributed by atoms with Crippen molar-refractivity contribution in [3.63, 3.8) is 0 Å². The molecule has 1 amide bonds. The van der Waals surface area contributed by atoms with Crippen LogP contribution in [0.3, 0.4) is 0 Å². The molecule has 2 aliphatic heterocycles. The van der Waals surface area contributed by atoms with Crippen molar-refractivity contribution < 1.29 is 14.7 Å². The topological polar surface area (TPSA) is 78.4 Å². The van der Waals surface area contributed by atoms with Gasteiger partial charge in [-0.3, -0.25) is 4.79 Å². The van der Waals surface area contributed by atoms with Crippen LogP contribution in [0.2, 0.25) is 0 Å². The minimum absolute atomic E-state index is 0.0350. The Hall–Kier alpha value is -1.10. The number of rotatable bonds is 6. The first kappa shape index (κ1) is 13.3. The van der Waals surface area contributed by atoms with Crippen LogP contribution < -0.4 is 10.6 Å². The predicted octanol–water partition coefficient (Wildman–Crippen LogP) is 0.886. The van der Waals surface area contributed by atoms with Crippen molar-refractivity contribution in [1.82, 2.24) is 10.6 Å². The maximum Gasteiger partial charge on any atom is 0.326 e. The van der Waals surface area contributed by atoms with E-state index < -0.39 is 12.0 Å². The lowest BCUT2D eigenvalue weighted by molar-refractivity contribution is -0.142. The quantitative estimate of drug-likeness (QED) is 0.657. The van der Waals surface area contributed by atoms with Gasteiger partial charge in [-0.1, -0.05) is 19.8 Å². The summed E-state index contributed by atoms with van der Waals surface area (Å²) in [4.78, 5) is 23.2. The van der Waals surface area contributed by atoms with E-state index in [4.69, 9.17) is 5.11 Å². The van der Waals surface area contributed by atoms with Gasteiger partial charge in [0.15, 0.2) is 0 Å². The lowest BCUT2D eigenvalue weighted by atomic mass is 9.88. The van der Waals surface area contributed by atoms with Gasteiger partial charge in [0.05, 0.1) is 5.92 Å². The predicted molar refractivity (Wildman–Crippen MR) is 67.1 cm³/mol. The van der Waals surface area contributed by atoms with Gasteiger partial charge in [0.25, 0.3) is 0 Å². The standard InChI is InChI=1S/C13H22N2O3/c1-2-3-4-11(13(17)18)15-12(16)9-7-8-5-6-10(9)14-8/h8-11,14H,2-7H2,1H3,(H,15,16)(H,17,18). The minimum atomic E-state index is -0.923. The van der Waals surface area contributed by atoms with Crippen molar-refractivity contribution in [3.8, 4) is 0 Å². The number of fused-ring (bicyclic) bond motifs is 2. The Morgan fingerprint density at radius 1 is 1.44 bits per heavy atom. The molecule has 2 rings (SSSR count). The molecule has 0 aromatic rings. The number of nitrogens with one attached hydrogen (secondary N) is 2. The van der Waals surface area contributed by atoms with Gasteiger partial charge in [0, 0.05) is 12.1 Å². The van der Waals surface area contributed by atoms with Gasteiger partial charge in [-0.15, -0.1) is 0 Å². The highest BCUT2D eigenvalue weighted by Crippen LogP contribution is 2.33. The molecule has 5 nitrogen and oxygen atoms in total. The summed E-state index contributed by atoms with van der Waals surface area (Å²) in [6.45, 7) is 2.01. The zero-order valence-electron chi connectivity index (χ0n) is 10.8. The molecule has 2 saturated heterocycles. The smallest absolute Gasteiger partial charge is 0.326 e. The van der Waals surface area contributed by atoms with Crippen molar-refractivity contribution >= 4 is 11.9 Å². The monoisotopic (exact) mass is 254 g/mol. The van der Waals surface area contributed by atoms with Gasteiger partial charge < -0.3 is 15.7 Å². The summed E-state index contributed by atoms with van der Waals surface area (Å²) in [7, 11) is 0. The Balaban J connectivity index is 1.86. The molecule has 2 bridgehead atoms. The normalized spacial score (nSPS) is 31.3. The Morgan fingerprint density at radius 3 is 2.72 bits per heavy atom. The molecule has 0 radical (unpaired) electrons. The number of carbonyl (C=O) groups excluding carboxylic acids is 1. The van der Waals surface area contributed by atoms with E-state index in [0.717, 1.165) is 32.1 Å². The van der Waals surface area contributed by atoms with E-state index in [9.17, 15) is 9.59 Å². The van der Waals surface area contributed by atoms with Crippen molar-refractivity contribution in [2.24, 2.45) is 5.92 Å². The summed E-state index contributed by atoms with van der Waals surface area (Å²) in [5.74, 6) is -1.04. The third kappa shape index (κ3) is 2.83. The number of hydrogen-bond acceptors (Lipinski definition) is 3. The summed E-state index contributed by atoms with van der Waals surface area (Å²) in [6, 6.07) is -0.00290. The zero-order chi connectivity index (χ0) is 13.1. The van der Waals surface area contributed by atoms with E-state index in [1.165, 1.54) is 0 Å². The fourth-order valence-electron chi connectivity index (χ4n) is 3.06. The summed E-state index contributed by atoms with van der Waals surface area (Å²) in [5.41, 5.74) is 0. The van der Waals surface area contributed by atoms with E-state index in [1.807, 2.05) is 6.92 Å². The minimum Gasteiger partial charge on any atom is -0.480 e. The molecule has 0 aliphatic carbocycles. The molecule has 4 atom stereocenters. The molecule has 0 aromatic carbocycles. The van der Waals surface area contributed by atoms with Crippen LogP contribution in [0.25, 0.3) is 0 Å². The molecule has 18 heavy (non-hydrogen) atoms. The largest absolute Gasteiger partial charge is 0.480 e. The Kier molecular flexibility index (Phi) is 4.22. The number of carbonyl (C=O) groups is 2. The summed E-state index contributed by atoms with van der Waals surface area (Å²) >= 11 is 0. The molecule has 2 aliphatic rings. The summed E-state index contributed by atoms with van der Waals surface area (Å²) < 4.78 is 0.